The number of hydrogen-bond donors (Lipinski definition) is 0. The van der Waals surface area contributed by atoms with E-state index >= 15 is 0 Å². The molecule has 0 amide bonds. The smallest absolute Gasteiger partial charge is 0.338 e. The van der Waals surface area contributed by atoms with Crippen LogP contribution in [0.2, 0.25) is 0 Å². The number of carbonyl (C=O) groups excluding carboxylic acids is 2. The molecule has 1 atom stereocenters. The molecule has 4 rings (SSSR count). The number of aromatic nitrogens is 1. The summed E-state index contributed by atoms with van der Waals surface area (Å²) >= 11 is 0. The van der Waals surface area contributed by atoms with E-state index in [4.69, 9.17) is 14.2 Å². The van der Waals surface area contributed by atoms with Gasteiger partial charge in [-0.2, -0.15) is 0 Å². The molecule has 184 valence electrons. The fourth-order valence-corrected chi connectivity index (χ4v) is 4.71. The van der Waals surface area contributed by atoms with Crippen LogP contribution in [0, 0.1) is 20.8 Å². The van der Waals surface area contributed by atoms with Gasteiger partial charge in [-0.3, -0.25) is 4.79 Å². The van der Waals surface area contributed by atoms with Gasteiger partial charge in [0, 0.05) is 23.2 Å². The number of hydrogen-bond acceptors (Lipinski definition) is 7. The van der Waals surface area contributed by atoms with Crippen LogP contribution in [0.25, 0.3) is 0 Å². The van der Waals surface area contributed by atoms with E-state index in [2.05, 4.69) is 0 Å². The molecule has 1 aliphatic heterocycles. The number of aryl methyl sites for hydroxylation is 2. The molecule has 2 heterocycles. The first-order valence-corrected chi connectivity index (χ1v) is 13.0. The molecule has 8 nitrogen and oxygen atoms in total. The zero-order valence-corrected chi connectivity index (χ0v) is 20.8. The molecule has 0 aliphatic carbocycles. The summed E-state index contributed by atoms with van der Waals surface area (Å²) in [5.41, 5.74) is 2.73. The summed E-state index contributed by atoms with van der Waals surface area (Å²) in [5, 5.41) is 0. The lowest BCUT2D eigenvalue weighted by Gasteiger charge is -2.27. The SMILES string of the molecule is Cc1ccc(S(C)(=O)=O)cc1C(=O)OCC(=O)c1cc(C)n(CC2COc3ccccc3O2)c1C. The highest BCUT2D eigenvalue weighted by atomic mass is 32.2. The van der Waals surface area contributed by atoms with Crippen molar-refractivity contribution in [3.8, 4) is 11.5 Å². The van der Waals surface area contributed by atoms with Gasteiger partial charge in [0.2, 0.25) is 5.78 Å². The Morgan fingerprint density at radius 2 is 1.74 bits per heavy atom. The molecule has 1 unspecified atom stereocenters. The van der Waals surface area contributed by atoms with Gasteiger partial charge in [0.1, 0.15) is 6.61 Å². The van der Waals surface area contributed by atoms with Crippen LogP contribution in [0.3, 0.4) is 0 Å². The second kappa shape index (κ2) is 9.58. The number of ketones is 1. The third-order valence-corrected chi connectivity index (χ3v) is 7.13. The number of nitrogens with zero attached hydrogens (tertiary/aromatic N) is 1. The summed E-state index contributed by atoms with van der Waals surface area (Å²) in [6, 6.07) is 13.5. The summed E-state index contributed by atoms with van der Waals surface area (Å²) in [7, 11) is -3.48. The lowest BCUT2D eigenvalue weighted by Crippen LogP contribution is -2.33. The number of sulfone groups is 1. The van der Waals surface area contributed by atoms with E-state index in [0.29, 0.717) is 35.8 Å². The van der Waals surface area contributed by atoms with E-state index in [1.165, 1.54) is 18.2 Å². The molecule has 0 radical (unpaired) electrons. The van der Waals surface area contributed by atoms with Gasteiger partial charge in [-0.25, -0.2) is 13.2 Å². The number of para-hydroxylation sites is 2. The zero-order chi connectivity index (χ0) is 25.3. The summed E-state index contributed by atoms with van der Waals surface area (Å²) < 4.78 is 42.7. The zero-order valence-electron chi connectivity index (χ0n) is 20.0. The van der Waals surface area contributed by atoms with Crippen LogP contribution in [-0.4, -0.2) is 50.3 Å². The van der Waals surface area contributed by atoms with E-state index in [1.54, 1.807) is 13.0 Å². The largest absolute Gasteiger partial charge is 0.486 e. The van der Waals surface area contributed by atoms with Gasteiger partial charge >= 0.3 is 5.97 Å². The van der Waals surface area contributed by atoms with Crippen molar-refractivity contribution in [1.29, 1.82) is 0 Å². The maximum absolute atomic E-state index is 12.9. The predicted octanol–water partition coefficient (Wildman–Crippen LogP) is 3.70. The first-order chi connectivity index (χ1) is 16.5. The monoisotopic (exact) mass is 497 g/mol. The molecule has 0 fully saturated rings. The Balaban J connectivity index is 1.44. The van der Waals surface area contributed by atoms with Gasteiger partial charge in [0.05, 0.1) is 17.0 Å². The number of ether oxygens (including phenoxy) is 3. The number of benzene rings is 2. The Labute approximate surface area is 204 Å². The molecule has 3 aromatic rings. The number of fused-ring (bicyclic) bond motifs is 1. The normalized spacial score (nSPS) is 15.0. The second-order valence-electron chi connectivity index (χ2n) is 8.64. The third-order valence-electron chi connectivity index (χ3n) is 6.02. The Hall–Kier alpha value is -3.59. The average Bonchev–Trinajstić information content (AvgIpc) is 3.10. The van der Waals surface area contributed by atoms with E-state index in [0.717, 1.165) is 17.6 Å². The minimum Gasteiger partial charge on any atom is -0.486 e. The van der Waals surface area contributed by atoms with Crippen molar-refractivity contribution < 1.29 is 32.2 Å². The van der Waals surface area contributed by atoms with E-state index in [1.807, 2.05) is 42.7 Å². The van der Waals surface area contributed by atoms with Gasteiger partial charge in [-0.05, 0) is 56.7 Å². The van der Waals surface area contributed by atoms with Gasteiger partial charge in [-0.15, -0.1) is 0 Å². The molecular weight excluding hydrogens is 470 g/mol. The first-order valence-electron chi connectivity index (χ1n) is 11.1. The lowest BCUT2D eigenvalue weighted by molar-refractivity contribution is 0.0473. The fourth-order valence-electron chi connectivity index (χ4n) is 4.06. The van der Waals surface area contributed by atoms with Crippen LogP contribution in [0.4, 0.5) is 0 Å². The second-order valence-corrected chi connectivity index (χ2v) is 10.7. The highest BCUT2D eigenvalue weighted by Crippen LogP contribution is 2.31. The summed E-state index contributed by atoms with van der Waals surface area (Å²) in [4.78, 5) is 25.5. The van der Waals surface area contributed by atoms with Gasteiger partial charge in [0.25, 0.3) is 0 Å². The van der Waals surface area contributed by atoms with Crippen molar-refractivity contribution in [2.75, 3.05) is 19.5 Å². The fraction of sp³-hybridized carbons (Fsp3) is 0.308. The van der Waals surface area contributed by atoms with Gasteiger partial charge < -0.3 is 18.8 Å². The predicted molar refractivity (Wildman–Crippen MR) is 129 cm³/mol. The highest BCUT2D eigenvalue weighted by Gasteiger charge is 2.24. The minimum absolute atomic E-state index is 0.0152. The number of esters is 1. The maximum Gasteiger partial charge on any atom is 0.338 e. The van der Waals surface area contributed by atoms with Crippen molar-refractivity contribution >= 4 is 21.6 Å². The van der Waals surface area contributed by atoms with Crippen molar-refractivity contribution in [3.63, 3.8) is 0 Å². The summed E-state index contributed by atoms with van der Waals surface area (Å²) in [6.45, 7) is 5.83. The Morgan fingerprint density at radius 1 is 1.03 bits per heavy atom. The first kappa shape index (κ1) is 24.5. The van der Waals surface area contributed by atoms with Crippen LogP contribution >= 0.6 is 0 Å². The lowest BCUT2D eigenvalue weighted by atomic mass is 10.1. The Kier molecular flexibility index (Phi) is 6.71. The van der Waals surface area contributed by atoms with E-state index in [-0.39, 0.29) is 22.3 Å². The van der Waals surface area contributed by atoms with Crippen LogP contribution in [0.15, 0.2) is 53.4 Å². The molecule has 2 aromatic carbocycles. The summed E-state index contributed by atoms with van der Waals surface area (Å²) in [5.74, 6) is 0.298. The quantitative estimate of drug-likeness (QED) is 0.362. The molecule has 35 heavy (non-hydrogen) atoms. The Morgan fingerprint density at radius 3 is 2.46 bits per heavy atom. The molecule has 0 spiro atoms. The molecule has 0 saturated carbocycles. The standard InChI is InChI=1S/C26H27NO7S/c1-16-9-10-20(35(4,30)31)12-21(16)26(29)33-15-23(28)22-11-17(2)27(18(22)3)13-19-14-32-24-7-5-6-8-25(24)34-19/h5-12,19H,13-15H2,1-4H3. The number of carbonyl (C=O) groups is 2. The molecule has 1 aromatic heterocycles. The third kappa shape index (κ3) is 5.24. The van der Waals surface area contributed by atoms with Crippen LogP contribution in [0.1, 0.15) is 37.7 Å². The van der Waals surface area contributed by atoms with E-state index in [9.17, 15) is 18.0 Å². The van der Waals surface area contributed by atoms with Crippen molar-refractivity contribution in [2.45, 2.75) is 38.3 Å². The molecule has 0 saturated heterocycles. The molecule has 9 heteroatoms. The van der Waals surface area contributed by atoms with Crippen LogP contribution in [-0.2, 0) is 21.1 Å². The van der Waals surface area contributed by atoms with Crippen molar-refractivity contribution in [2.24, 2.45) is 0 Å². The van der Waals surface area contributed by atoms with Crippen LogP contribution < -0.4 is 9.47 Å². The van der Waals surface area contributed by atoms with Gasteiger partial charge in [0.15, 0.2) is 34.0 Å². The number of Topliss-reactive ketones (excluding diaryl/α,β-unsaturated/α-hetero) is 1. The number of rotatable bonds is 7. The maximum atomic E-state index is 12.9. The minimum atomic E-state index is -3.48. The topological polar surface area (TPSA) is 101 Å². The highest BCUT2D eigenvalue weighted by molar-refractivity contribution is 7.90. The molecule has 0 N–H and O–H groups in total. The molecule has 0 bridgehead atoms. The van der Waals surface area contributed by atoms with E-state index < -0.39 is 22.4 Å². The summed E-state index contributed by atoms with van der Waals surface area (Å²) in [6.07, 6.45) is 0.843. The molecule has 1 aliphatic rings. The average molecular weight is 498 g/mol. The van der Waals surface area contributed by atoms with Gasteiger partial charge in [-0.1, -0.05) is 18.2 Å². The molecular formula is C26H27NO7S. The van der Waals surface area contributed by atoms with Crippen molar-refractivity contribution in [3.05, 3.63) is 76.6 Å². The van der Waals surface area contributed by atoms with Crippen LogP contribution in [0.5, 0.6) is 11.5 Å². The van der Waals surface area contributed by atoms with Crippen molar-refractivity contribution in [1.82, 2.24) is 4.57 Å². The Bertz CT molecular complexity index is 1410.